The summed E-state index contributed by atoms with van der Waals surface area (Å²) in [5.41, 5.74) is 5.01. The van der Waals surface area contributed by atoms with Crippen LogP contribution < -0.4 is 11.3 Å². The molecule has 3 aromatic rings. The van der Waals surface area contributed by atoms with Crippen molar-refractivity contribution in [1.82, 2.24) is 10.4 Å². The smallest absolute Gasteiger partial charge is 0.0705 e. The fourth-order valence-corrected chi connectivity index (χ4v) is 3.46. The molecule has 0 aliphatic rings. The molecule has 0 saturated heterocycles. The summed E-state index contributed by atoms with van der Waals surface area (Å²) in [6, 6.07) is 16.8. The lowest BCUT2D eigenvalue weighted by Gasteiger charge is -2.14. The molecule has 0 radical (unpaired) electrons. The lowest BCUT2D eigenvalue weighted by atomic mass is 10.1. The number of hydrogen-bond donors (Lipinski definition) is 2. The second-order valence-electron chi connectivity index (χ2n) is 5.08. The number of pyridine rings is 1. The molecule has 0 aliphatic heterocycles. The van der Waals surface area contributed by atoms with Crippen molar-refractivity contribution in [2.24, 2.45) is 5.84 Å². The topological polar surface area (TPSA) is 50.9 Å². The maximum absolute atomic E-state index is 5.74. The Labute approximate surface area is 128 Å². The predicted octanol–water partition coefficient (Wildman–Crippen LogP) is 3.61. The highest BCUT2D eigenvalue weighted by molar-refractivity contribution is 7.12. The quantitative estimate of drug-likeness (QED) is 0.559. The van der Waals surface area contributed by atoms with Gasteiger partial charge >= 0.3 is 0 Å². The van der Waals surface area contributed by atoms with Crippen molar-refractivity contribution < 1.29 is 0 Å². The number of fused-ring (bicyclic) bond motifs is 1. The number of rotatable bonds is 5. The molecule has 0 amide bonds. The maximum Gasteiger partial charge on any atom is 0.0705 e. The number of para-hydroxylation sites is 1. The number of benzene rings is 1. The second kappa shape index (κ2) is 6.35. The first-order valence-corrected chi connectivity index (χ1v) is 8.01. The normalized spacial score (nSPS) is 12.7. The van der Waals surface area contributed by atoms with Crippen LogP contribution in [0.2, 0.25) is 0 Å². The molecule has 1 atom stereocenters. The van der Waals surface area contributed by atoms with Gasteiger partial charge in [0.05, 0.1) is 11.6 Å². The Morgan fingerprint density at radius 2 is 2.00 bits per heavy atom. The molecule has 1 unspecified atom stereocenters. The van der Waals surface area contributed by atoms with Gasteiger partial charge in [-0.2, -0.15) is 0 Å². The van der Waals surface area contributed by atoms with Gasteiger partial charge in [-0.15, -0.1) is 11.3 Å². The summed E-state index contributed by atoms with van der Waals surface area (Å²) in [6.07, 6.45) is 1.86. The van der Waals surface area contributed by atoms with Gasteiger partial charge in [-0.05, 0) is 30.7 Å². The van der Waals surface area contributed by atoms with Gasteiger partial charge in [-0.25, -0.2) is 0 Å². The minimum atomic E-state index is 0.115. The molecule has 2 aromatic heterocycles. The highest BCUT2D eigenvalue weighted by Gasteiger charge is 2.14. The van der Waals surface area contributed by atoms with E-state index in [9.17, 15) is 0 Å². The van der Waals surface area contributed by atoms with Gasteiger partial charge in [0.25, 0.3) is 0 Å². The highest BCUT2D eigenvalue weighted by Crippen LogP contribution is 2.26. The van der Waals surface area contributed by atoms with Gasteiger partial charge in [0, 0.05) is 27.3 Å². The van der Waals surface area contributed by atoms with Crippen LogP contribution in [0.25, 0.3) is 10.9 Å². The fourth-order valence-electron chi connectivity index (χ4n) is 2.44. The number of aromatic nitrogens is 1. The summed E-state index contributed by atoms with van der Waals surface area (Å²) in [5.74, 6) is 5.74. The molecule has 2 heterocycles. The minimum absolute atomic E-state index is 0.115. The van der Waals surface area contributed by atoms with Gasteiger partial charge in [0.15, 0.2) is 0 Å². The molecule has 0 bridgehead atoms. The van der Waals surface area contributed by atoms with E-state index in [2.05, 4.69) is 42.7 Å². The molecule has 3 rings (SSSR count). The molecule has 0 spiro atoms. The zero-order valence-electron chi connectivity index (χ0n) is 12.0. The van der Waals surface area contributed by atoms with E-state index in [0.29, 0.717) is 0 Å². The standard InChI is InChI=1S/C17H19N3S/c1-2-14-9-10-17(21-14)16(20-18)11-13-8-7-12-5-3-4-6-15(12)19-13/h3-10,16,20H,2,11,18H2,1H3. The van der Waals surface area contributed by atoms with E-state index in [4.69, 9.17) is 10.8 Å². The number of nitrogens with two attached hydrogens (primary N) is 1. The monoisotopic (exact) mass is 297 g/mol. The summed E-state index contributed by atoms with van der Waals surface area (Å²) < 4.78 is 0. The first-order chi connectivity index (χ1) is 10.3. The van der Waals surface area contributed by atoms with Crippen LogP contribution in [0.15, 0.2) is 48.5 Å². The van der Waals surface area contributed by atoms with Gasteiger partial charge in [0.2, 0.25) is 0 Å². The van der Waals surface area contributed by atoms with Crippen molar-refractivity contribution in [1.29, 1.82) is 0 Å². The van der Waals surface area contributed by atoms with Crippen LogP contribution in [0.4, 0.5) is 0 Å². The van der Waals surface area contributed by atoms with Crippen molar-refractivity contribution in [2.45, 2.75) is 25.8 Å². The van der Waals surface area contributed by atoms with E-state index < -0.39 is 0 Å². The molecular weight excluding hydrogens is 278 g/mol. The number of nitrogens with one attached hydrogen (secondary N) is 1. The lowest BCUT2D eigenvalue weighted by Crippen LogP contribution is -2.29. The summed E-state index contributed by atoms with van der Waals surface area (Å²) in [5, 5.41) is 1.17. The summed E-state index contributed by atoms with van der Waals surface area (Å²) in [6.45, 7) is 2.17. The van der Waals surface area contributed by atoms with Crippen LogP contribution in [0.1, 0.15) is 28.4 Å². The second-order valence-corrected chi connectivity index (χ2v) is 6.28. The van der Waals surface area contributed by atoms with Crippen LogP contribution in [0.3, 0.4) is 0 Å². The maximum atomic E-state index is 5.74. The zero-order valence-corrected chi connectivity index (χ0v) is 12.9. The van der Waals surface area contributed by atoms with Crippen molar-refractivity contribution >= 4 is 22.2 Å². The Kier molecular flexibility index (Phi) is 4.29. The summed E-state index contributed by atoms with van der Waals surface area (Å²) >= 11 is 1.82. The van der Waals surface area contributed by atoms with Gasteiger partial charge in [-0.3, -0.25) is 16.3 Å². The molecule has 108 valence electrons. The van der Waals surface area contributed by atoms with Crippen LogP contribution in [-0.4, -0.2) is 4.98 Å². The molecule has 3 nitrogen and oxygen atoms in total. The number of hydrogen-bond acceptors (Lipinski definition) is 4. The van der Waals surface area contributed by atoms with E-state index in [1.54, 1.807) is 0 Å². The molecule has 0 saturated carbocycles. The molecule has 3 N–H and O–H groups in total. The lowest BCUT2D eigenvalue weighted by molar-refractivity contribution is 0.555. The third-order valence-corrected chi connectivity index (χ3v) is 4.99. The average molecular weight is 297 g/mol. The first-order valence-electron chi connectivity index (χ1n) is 7.19. The van der Waals surface area contributed by atoms with E-state index in [0.717, 1.165) is 24.1 Å². The largest absolute Gasteiger partial charge is 0.271 e. The molecule has 1 aromatic carbocycles. The van der Waals surface area contributed by atoms with E-state index in [1.807, 2.05) is 29.5 Å². The fraction of sp³-hybridized carbons (Fsp3) is 0.235. The Morgan fingerprint density at radius 1 is 1.14 bits per heavy atom. The number of aryl methyl sites for hydroxylation is 1. The summed E-state index contributed by atoms with van der Waals surface area (Å²) in [4.78, 5) is 7.38. The average Bonchev–Trinajstić information content (AvgIpc) is 3.01. The SMILES string of the molecule is CCc1ccc(C(Cc2ccc3ccccc3n2)NN)s1. The number of nitrogens with zero attached hydrogens (tertiary/aromatic N) is 1. The molecule has 21 heavy (non-hydrogen) atoms. The van der Waals surface area contributed by atoms with E-state index in [-0.39, 0.29) is 6.04 Å². The van der Waals surface area contributed by atoms with Gasteiger partial charge < -0.3 is 0 Å². The minimum Gasteiger partial charge on any atom is -0.271 e. The van der Waals surface area contributed by atoms with Gasteiger partial charge in [0.1, 0.15) is 0 Å². The molecule has 0 aliphatic carbocycles. The Balaban J connectivity index is 1.84. The van der Waals surface area contributed by atoms with E-state index >= 15 is 0 Å². The van der Waals surface area contributed by atoms with Crippen molar-refractivity contribution in [3.63, 3.8) is 0 Å². The van der Waals surface area contributed by atoms with Crippen LogP contribution >= 0.6 is 11.3 Å². The van der Waals surface area contributed by atoms with Crippen molar-refractivity contribution in [3.05, 3.63) is 64.0 Å². The third kappa shape index (κ3) is 3.13. The first kappa shape index (κ1) is 14.2. The Bertz CT molecular complexity index is 735. The van der Waals surface area contributed by atoms with Gasteiger partial charge in [-0.1, -0.05) is 31.2 Å². The Hall–Kier alpha value is -1.75. The number of thiophene rings is 1. The highest BCUT2D eigenvalue weighted by atomic mass is 32.1. The zero-order chi connectivity index (χ0) is 14.7. The molecule has 4 heteroatoms. The molecule has 0 fully saturated rings. The third-order valence-electron chi connectivity index (χ3n) is 3.64. The Morgan fingerprint density at radius 3 is 2.76 bits per heavy atom. The van der Waals surface area contributed by atoms with Crippen LogP contribution in [0.5, 0.6) is 0 Å². The van der Waals surface area contributed by atoms with Crippen molar-refractivity contribution in [3.8, 4) is 0 Å². The van der Waals surface area contributed by atoms with Crippen molar-refractivity contribution in [2.75, 3.05) is 0 Å². The van der Waals surface area contributed by atoms with Crippen LogP contribution in [0, 0.1) is 0 Å². The van der Waals surface area contributed by atoms with Crippen LogP contribution in [-0.2, 0) is 12.8 Å². The number of hydrazine groups is 1. The molecular formula is C17H19N3S. The van der Waals surface area contributed by atoms with E-state index in [1.165, 1.54) is 15.1 Å². The summed E-state index contributed by atoms with van der Waals surface area (Å²) in [7, 11) is 0. The predicted molar refractivity (Wildman–Crippen MR) is 89.2 cm³/mol.